The van der Waals surface area contributed by atoms with Crippen molar-refractivity contribution in [3.63, 3.8) is 0 Å². The van der Waals surface area contributed by atoms with Crippen LogP contribution in [-0.2, 0) is 15.3 Å². The summed E-state index contributed by atoms with van der Waals surface area (Å²) in [5, 5.41) is 0. The van der Waals surface area contributed by atoms with E-state index < -0.39 is 9.92 Å². The molecule has 0 spiro atoms. The largest absolute Gasteiger partial charge is 0.236 e. The highest BCUT2D eigenvalue weighted by molar-refractivity contribution is 7.90. The third kappa shape index (κ3) is 2.62. The zero-order valence-electron chi connectivity index (χ0n) is 10.6. The summed E-state index contributed by atoms with van der Waals surface area (Å²) in [5.74, 6) is 0. The van der Waals surface area contributed by atoms with Crippen molar-refractivity contribution in [2.45, 2.75) is 31.1 Å². The van der Waals surface area contributed by atoms with Gasteiger partial charge in [0.15, 0.2) is 0 Å². The maximum absolute atomic E-state index is 12.0. The van der Waals surface area contributed by atoms with Crippen LogP contribution in [0.1, 0.15) is 26.3 Å². The van der Waals surface area contributed by atoms with Gasteiger partial charge >= 0.3 is 0 Å². The van der Waals surface area contributed by atoms with Gasteiger partial charge in [0.1, 0.15) is 9.92 Å². The Hall–Kier alpha value is -0.870. The molecule has 1 unspecified atom stereocenters. The van der Waals surface area contributed by atoms with Crippen LogP contribution < -0.4 is 0 Å². The minimum Gasteiger partial charge on any atom is -0.236 e. The molecule has 1 rings (SSSR count). The average molecular weight is 240 g/mol. The van der Waals surface area contributed by atoms with Crippen molar-refractivity contribution in [2.24, 2.45) is 0 Å². The fourth-order valence-electron chi connectivity index (χ4n) is 1.35. The summed E-state index contributed by atoms with van der Waals surface area (Å²) in [6.07, 6.45) is 0. The monoisotopic (exact) mass is 240 g/mol. The Morgan fingerprint density at radius 1 is 1.12 bits per heavy atom. The highest BCUT2D eigenvalue weighted by Crippen LogP contribution is 2.24. The first-order valence-electron chi connectivity index (χ1n) is 5.22. The fourth-order valence-corrected chi connectivity index (χ4v) is 2.28. The summed E-state index contributed by atoms with van der Waals surface area (Å²) in [7, 11) is 0.514. The fraction of sp³-hybridized carbons (Fsp3) is 0.500. The normalized spacial score (nSPS) is 16.1. The highest BCUT2D eigenvalue weighted by Gasteiger charge is 2.16. The Kier molecular flexibility index (Phi) is 3.45. The molecule has 1 aromatic carbocycles. The van der Waals surface area contributed by atoms with E-state index >= 15 is 0 Å². The zero-order valence-corrected chi connectivity index (χ0v) is 11.4. The van der Waals surface area contributed by atoms with E-state index in [9.17, 15) is 4.21 Å². The lowest BCUT2D eigenvalue weighted by Gasteiger charge is -2.20. The Morgan fingerprint density at radius 3 is 1.88 bits per heavy atom. The summed E-state index contributed by atoms with van der Waals surface area (Å²) in [5.41, 5.74) is 1.27. The molecule has 0 aromatic heterocycles. The van der Waals surface area contributed by atoms with Crippen molar-refractivity contribution in [3.8, 4) is 0 Å². The molecular weight excluding hydrogens is 220 g/mol. The van der Waals surface area contributed by atoms with Gasteiger partial charge in [0.25, 0.3) is 0 Å². The second-order valence-electron chi connectivity index (χ2n) is 5.11. The third-order valence-corrected chi connectivity index (χ3v) is 4.49. The van der Waals surface area contributed by atoms with Gasteiger partial charge in [-0.2, -0.15) is 0 Å². The molecule has 0 heterocycles. The topological polar surface area (TPSA) is 44.2 Å². The van der Waals surface area contributed by atoms with Crippen LogP contribution >= 0.6 is 0 Å². The first kappa shape index (κ1) is 13.2. The Labute approximate surface area is 98.6 Å². The van der Waals surface area contributed by atoms with Gasteiger partial charge in [0, 0.05) is 14.1 Å². The van der Waals surface area contributed by atoms with E-state index in [0.717, 1.165) is 0 Å². The Bertz CT molecular complexity index is 453. The first-order valence-corrected chi connectivity index (χ1v) is 6.74. The van der Waals surface area contributed by atoms with Crippen LogP contribution in [0, 0.1) is 4.78 Å². The predicted octanol–water partition coefficient (Wildman–Crippen LogP) is 2.87. The van der Waals surface area contributed by atoms with Crippen LogP contribution in [0.15, 0.2) is 29.2 Å². The van der Waals surface area contributed by atoms with Gasteiger partial charge in [-0.05, 0) is 23.1 Å². The molecule has 1 aromatic rings. The molecule has 3 nitrogen and oxygen atoms in total. The lowest BCUT2D eigenvalue weighted by atomic mass is 9.87. The first-order chi connectivity index (χ1) is 7.15. The van der Waals surface area contributed by atoms with E-state index in [1.165, 1.54) is 9.87 Å². The Morgan fingerprint density at radius 2 is 1.56 bits per heavy atom. The van der Waals surface area contributed by atoms with E-state index in [4.69, 9.17) is 4.78 Å². The molecule has 0 saturated heterocycles. The van der Waals surface area contributed by atoms with E-state index in [1.807, 2.05) is 12.1 Å². The van der Waals surface area contributed by atoms with Crippen molar-refractivity contribution in [1.29, 1.82) is 4.78 Å². The Balaban J connectivity index is 3.15. The van der Waals surface area contributed by atoms with Crippen molar-refractivity contribution in [1.82, 2.24) is 4.31 Å². The maximum Gasteiger partial charge on any atom is 0.136 e. The summed E-state index contributed by atoms with van der Waals surface area (Å²) in [4.78, 5) is 0.561. The van der Waals surface area contributed by atoms with Crippen molar-refractivity contribution < 1.29 is 4.21 Å². The molecule has 0 aliphatic rings. The lowest BCUT2D eigenvalue weighted by Crippen LogP contribution is -2.21. The standard InChI is InChI=1S/C12H20N2OS/c1-12(2,3)10-6-8-11(9-7-10)16(13,15)14(4)5/h6-9,13H,1-5H3. The molecule has 1 atom stereocenters. The minimum atomic E-state index is -2.81. The molecule has 90 valence electrons. The number of hydrogen-bond donors (Lipinski definition) is 1. The number of nitrogens with zero attached hydrogens (tertiary/aromatic N) is 1. The van der Waals surface area contributed by atoms with Gasteiger partial charge in [0.2, 0.25) is 0 Å². The lowest BCUT2D eigenvalue weighted by molar-refractivity contribution is 0.583. The highest BCUT2D eigenvalue weighted by atomic mass is 32.2. The molecule has 1 N–H and O–H groups in total. The van der Waals surface area contributed by atoms with Crippen LogP contribution in [0.4, 0.5) is 0 Å². The molecule has 0 radical (unpaired) electrons. The molecule has 0 amide bonds. The zero-order chi connectivity index (χ0) is 12.6. The SMILES string of the molecule is CN(C)S(=N)(=O)c1ccc(C(C)(C)C)cc1. The predicted molar refractivity (Wildman–Crippen MR) is 68.0 cm³/mol. The van der Waals surface area contributed by atoms with Crippen LogP contribution in [0.2, 0.25) is 0 Å². The molecular formula is C12H20N2OS. The van der Waals surface area contributed by atoms with Gasteiger partial charge in [-0.3, -0.25) is 0 Å². The van der Waals surface area contributed by atoms with Crippen LogP contribution in [0.5, 0.6) is 0 Å². The quantitative estimate of drug-likeness (QED) is 0.848. The van der Waals surface area contributed by atoms with Crippen molar-refractivity contribution >= 4 is 9.92 Å². The summed E-state index contributed by atoms with van der Waals surface area (Å²) in [6, 6.07) is 7.48. The average Bonchev–Trinajstić information content (AvgIpc) is 2.16. The summed E-state index contributed by atoms with van der Waals surface area (Å²) < 4.78 is 21.3. The van der Waals surface area contributed by atoms with Crippen molar-refractivity contribution in [3.05, 3.63) is 29.8 Å². The molecule has 0 saturated carbocycles. The van der Waals surface area contributed by atoms with Crippen LogP contribution in [0.25, 0.3) is 0 Å². The number of rotatable bonds is 2. The van der Waals surface area contributed by atoms with Crippen molar-refractivity contribution in [2.75, 3.05) is 14.1 Å². The van der Waals surface area contributed by atoms with E-state index in [-0.39, 0.29) is 5.41 Å². The number of hydrogen-bond acceptors (Lipinski definition) is 2. The maximum atomic E-state index is 12.0. The number of benzene rings is 1. The van der Waals surface area contributed by atoms with E-state index in [1.54, 1.807) is 26.2 Å². The smallest absolute Gasteiger partial charge is 0.136 e. The number of nitrogens with one attached hydrogen (secondary N) is 1. The van der Waals surface area contributed by atoms with Gasteiger partial charge < -0.3 is 0 Å². The molecule has 0 fully saturated rings. The second kappa shape index (κ2) is 4.18. The summed E-state index contributed by atoms with van der Waals surface area (Å²) in [6.45, 7) is 6.39. The van der Waals surface area contributed by atoms with Gasteiger partial charge in [-0.1, -0.05) is 32.9 Å². The van der Waals surface area contributed by atoms with Crippen LogP contribution in [-0.4, -0.2) is 22.6 Å². The molecule has 0 bridgehead atoms. The van der Waals surface area contributed by atoms with Gasteiger partial charge in [0.05, 0.1) is 4.90 Å². The van der Waals surface area contributed by atoms with E-state index in [0.29, 0.717) is 4.90 Å². The van der Waals surface area contributed by atoms with Gasteiger partial charge in [-0.15, -0.1) is 0 Å². The van der Waals surface area contributed by atoms with Gasteiger partial charge in [-0.25, -0.2) is 13.3 Å². The van der Waals surface area contributed by atoms with Crippen LogP contribution in [0.3, 0.4) is 0 Å². The van der Waals surface area contributed by atoms with E-state index in [2.05, 4.69) is 20.8 Å². The second-order valence-corrected chi connectivity index (χ2v) is 7.37. The molecule has 4 heteroatoms. The molecule has 0 aliphatic carbocycles. The third-order valence-electron chi connectivity index (χ3n) is 2.55. The molecule has 0 aliphatic heterocycles. The minimum absolute atomic E-state index is 0.0829. The summed E-state index contributed by atoms with van der Waals surface area (Å²) >= 11 is 0. The molecule has 16 heavy (non-hydrogen) atoms.